The van der Waals surface area contributed by atoms with Gasteiger partial charge in [0, 0.05) is 17.6 Å². The van der Waals surface area contributed by atoms with Gasteiger partial charge in [-0.2, -0.15) is 0 Å². The van der Waals surface area contributed by atoms with Crippen LogP contribution in [0.5, 0.6) is 0 Å². The zero-order valence-corrected chi connectivity index (χ0v) is 13.3. The molecule has 0 bridgehead atoms. The predicted octanol–water partition coefficient (Wildman–Crippen LogP) is 2.90. The number of hydrogen-bond donors (Lipinski definition) is 2. The molecule has 0 radical (unpaired) electrons. The summed E-state index contributed by atoms with van der Waals surface area (Å²) in [6.45, 7) is 0.301. The lowest BCUT2D eigenvalue weighted by Crippen LogP contribution is -2.40. The van der Waals surface area contributed by atoms with E-state index in [2.05, 4.69) is 10.6 Å². The highest BCUT2D eigenvalue weighted by Gasteiger charge is 2.26. The van der Waals surface area contributed by atoms with Crippen LogP contribution in [-0.4, -0.2) is 17.9 Å². The van der Waals surface area contributed by atoms with Crippen molar-refractivity contribution in [2.45, 2.75) is 25.4 Å². The average molecular weight is 329 g/mol. The van der Waals surface area contributed by atoms with E-state index < -0.39 is 11.8 Å². The summed E-state index contributed by atoms with van der Waals surface area (Å²) < 4.78 is 0. The molecule has 2 aromatic carbocycles. The van der Waals surface area contributed by atoms with Gasteiger partial charge in [-0.1, -0.05) is 48.0 Å². The molecular formula is C18H17ClN2O2. The molecule has 2 N–H and O–H groups in total. The highest BCUT2D eigenvalue weighted by molar-refractivity contribution is 6.35. The molecule has 0 spiro atoms. The third-order valence-electron chi connectivity index (χ3n) is 3.73. The van der Waals surface area contributed by atoms with E-state index in [9.17, 15) is 9.59 Å². The molecule has 2 aromatic rings. The summed E-state index contributed by atoms with van der Waals surface area (Å²) in [7, 11) is 0. The Kier molecular flexibility index (Phi) is 4.63. The van der Waals surface area contributed by atoms with Crippen LogP contribution < -0.4 is 10.6 Å². The van der Waals surface area contributed by atoms with Gasteiger partial charge >= 0.3 is 11.8 Å². The van der Waals surface area contributed by atoms with Crippen LogP contribution in [0.1, 0.15) is 18.4 Å². The Morgan fingerprint density at radius 2 is 1.70 bits per heavy atom. The van der Waals surface area contributed by atoms with Crippen molar-refractivity contribution in [1.82, 2.24) is 10.6 Å². The number of nitrogens with one attached hydrogen (secondary N) is 2. The maximum atomic E-state index is 11.8. The fourth-order valence-corrected chi connectivity index (χ4v) is 2.45. The van der Waals surface area contributed by atoms with Crippen LogP contribution >= 0.6 is 11.6 Å². The minimum Gasteiger partial charge on any atom is -0.345 e. The Morgan fingerprint density at radius 3 is 2.39 bits per heavy atom. The van der Waals surface area contributed by atoms with E-state index in [-0.39, 0.29) is 6.04 Å². The summed E-state index contributed by atoms with van der Waals surface area (Å²) in [6, 6.07) is 15.5. The van der Waals surface area contributed by atoms with Gasteiger partial charge in [0.25, 0.3) is 0 Å². The first-order valence-electron chi connectivity index (χ1n) is 7.56. The van der Waals surface area contributed by atoms with E-state index in [1.807, 2.05) is 48.5 Å². The highest BCUT2D eigenvalue weighted by atomic mass is 35.5. The van der Waals surface area contributed by atoms with E-state index in [4.69, 9.17) is 11.6 Å². The SMILES string of the molecule is O=C(NCc1ccccc1-c1ccc(Cl)cc1)C(=O)NC1CC1. The van der Waals surface area contributed by atoms with Gasteiger partial charge < -0.3 is 10.6 Å². The second kappa shape index (κ2) is 6.84. The molecule has 0 atom stereocenters. The van der Waals surface area contributed by atoms with Crippen LogP contribution in [0.3, 0.4) is 0 Å². The molecule has 2 amide bonds. The summed E-state index contributed by atoms with van der Waals surface area (Å²) in [5, 5.41) is 6.03. The van der Waals surface area contributed by atoms with Crippen LogP contribution in [0, 0.1) is 0 Å². The minimum atomic E-state index is -0.595. The maximum absolute atomic E-state index is 11.8. The predicted molar refractivity (Wildman–Crippen MR) is 89.9 cm³/mol. The van der Waals surface area contributed by atoms with Crippen molar-refractivity contribution >= 4 is 23.4 Å². The van der Waals surface area contributed by atoms with Crippen molar-refractivity contribution < 1.29 is 9.59 Å². The molecule has 1 fully saturated rings. The first-order chi connectivity index (χ1) is 11.1. The van der Waals surface area contributed by atoms with E-state index in [1.54, 1.807) is 0 Å². The number of halogens is 1. The molecule has 3 rings (SSSR count). The number of amides is 2. The smallest absolute Gasteiger partial charge is 0.309 e. The monoisotopic (exact) mass is 328 g/mol. The number of benzene rings is 2. The molecular weight excluding hydrogens is 312 g/mol. The quantitative estimate of drug-likeness (QED) is 0.848. The molecule has 1 aliphatic carbocycles. The largest absolute Gasteiger partial charge is 0.345 e. The summed E-state index contributed by atoms with van der Waals surface area (Å²) in [5.41, 5.74) is 2.97. The lowest BCUT2D eigenvalue weighted by Gasteiger charge is -2.11. The van der Waals surface area contributed by atoms with Gasteiger partial charge in [-0.25, -0.2) is 0 Å². The molecule has 4 nitrogen and oxygen atoms in total. The van der Waals surface area contributed by atoms with Gasteiger partial charge in [0.1, 0.15) is 0 Å². The Hall–Kier alpha value is -2.33. The summed E-state index contributed by atoms with van der Waals surface area (Å²) in [4.78, 5) is 23.5. The van der Waals surface area contributed by atoms with Crippen LogP contribution in [0.25, 0.3) is 11.1 Å². The standard InChI is InChI=1S/C18H17ClN2O2/c19-14-7-5-12(6-8-14)16-4-2-1-3-13(16)11-20-17(22)18(23)21-15-9-10-15/h1-8,15H,9-11H2,(H,20,22)(H,21,23). The molecule has 0 saturated heterocycles. The van der Waals surface area contributed by atoms with E-state index in [0.29, 0.717) is 11.6 Å². The van der Waals surface area contributed by atoms with Crippen LogP contribution in [0.2, 0.25) is 5.02 Å². The lowest BCUT2D eigenvalue weighted by molar-refractivity contribution is -0.139. The third-order valence-corrected chi connectivity index (χ3v) is 3.98. The Labute approximate surface area is 139 Å². The number of rotatable bonds is 4. The van der Waals surface area contributed by atoms with Crippen LogP contribution in [0.4, 0.5) is 0 Å². The van der Waals surface area contributed by atoms with Crippen molar-refractivity contribution in [3.63, 3.8) is 0 Å². The number of carbonyl (C=O) groups excluding carboxylic acids is 2. The zero-order valence-electron chi connectivity index (χ0n) is 12.5. The number of carbonyl (C=O) groups is 2. The first kappa shape index (κ1) is 15.6. The molecule has 23 heavy (non-hydrogen) atoms. The summed E-state index contributed by atoms with van der Waals surface area (Å²) in [6.07, 6.45) is 1.91. The fraction of sp³-hybridized carbons (Fsp3) is 0.222. The first-order valence-corrected chi connectivity index (χ1v) is 7.94. The van der Waals surface area contributed by atoms with Crippen LogP contribution in [-0.2, 0) is 16.1 Å². The fourth-order valence-electron chi connectivity index (χ4n) is 2.32. The maximum Gasteiger partial charge on any atom is 0.309 e. The van der Waals surface area contributed by atoms with Gasteiger partial charge in [-0.3, -0.25) is 9.59 Å². The summed E-state index contributed by atoms with van der Waals surface area (Å²) in [5.74, 6) is -1.15. The molecule has 0 unspecified atom stereocenters. The van der Waals surface area contributed by atoms with Gasteiger partial charge in [-0.15, -0.1) is 0 Å². The minimum absolute atomic E-state index is 0.176. The van der Waals surface area contributed by atoms with E-state index in [1.165, 1.54) is 0 Å². The van der Waals surface area contributed by atoms with Gasteiger partial charge in [0.2, 0.25) is 0 Å². The molecule has 1 aliphatic rings. The molecule has 0 aromatic heterocycles. The molecule has 0 heterocycles. The van der Waals surface area contributed by atoms with Gasteiger partial charge in [0.15, 0.2) is 0 Å². The van der Waals surface area contributed by atoms with Crippen molar-refractivity contribution in [3.8, 4) is 11.1 Å². The van der Waals surface area contributed by atoms with Crippen molar-refractivity contribution in [1.29, 1.82) is 0 Å². The second-order valence-corrected chi connectivity index (χ2v) is 6.03. The Bertz CT molecular complexity index is 724. The normalized spacial score (nSPS) is 13.4. The number of hydrogen-bond acceptors (Lipinski definition) is 2. The van der Waals surface area contributed by atoms with Crippen molar-refractivity contribution in [3.05, 3.63) is 59.1 Å². The molecule has 5 heteroatoms. The Balaban J connectivity index is 1.69. The summed E-state index contributed by atoms with van der Waals surface area (Å²) >= 11 is 5.92. The second-order valence-electron chi connectivity index (χ2n) is 5.59. The van der Waals surface area contributed by atoms with Gasteiger partial charge in [-0.05, 0) is 41.7 Å². The van der Waals surface area contributed by atoms with E-state index in [0.717, 1.165) is 29.5 Å². The van der Waals surface area contributed by atoms with Gasteiger partial charge in [0.05, 0.1) is 0 Å². The molecule has 118 valence electrons. The Morgan fingerprint density at radius 1 is 1.00 bits per heavy atom. The zero-order chi connectivity index (χ0) is 16.2. The van der Waals surface area contributed by atoms with Crippen LogP contribution in [0.15, 0.2) is 48.5 Å². The van der Waals surface area contributed by atoms with Crippen molar-refractivity contribution in [2.75, 3.05) is 0 Å². The molecule has 0 aliphatic heterocycles. The molecule has 1 saturated carbocycles. The van der Waals surface area contributed by atoms with E-state index >= 15 is 0 Å². The average Bonchev–Trinajstić information content (AvgIpc) is 3.37. The highest BCUT2D eigenvalue weighted by Crippen LogP contribution is 2.25. The lowest BCUT2D eigenvalue weighted by atomic mass is 10.00. The topological polar surface area (TPSA) is 58.2 Å². The van der Waals surface area contributed by atoms with Crippen molar-refractivity contribution in [2.24, 2.45) is 0 Å². The third kappa shape index (κ3) is 4.11.